The fraction of sp³-hybridized carbons (Fsp3) is 0.500. The smallest absolute Gasteiger partial charge is 0.330 e. The van der Waals surface area contributed by atoms with Crippen LogP contribution in [0.25, 0.3) is 11.0 Å². The third-order valence-electron chi connectivity index (χ3n) is 4.31. The Morgan fingerprint density at radius 1 is 1.38 bits per heavy atom. The molecule has 8 nitrogen and oxygen atoms in total. The summed E-state index contributed by atoms with van der Waals surface area (Å²) in [5.41, 5.74) is -0.487. The topological polar surface area (TPSA) is 97.3 Å². The first-order valence-electron chi connectivity index (χ1n) is 8.07. The zero-order valence-electron chi connectivity index (χ0n) is 13.5. The summed E-state index contributed by atoms with van der Waals surface area (Å²) >= 11 is 0. The van der Waals surface area contributed by atoms with Gasteiger partial charge in [-0.15, -0.1) is 0 Å². The van der Waals surface area contributed by atoms with Gasteiger partial charge in [0.25, 0.3) is 5.56 Å². The summed E-state index contributed by atoms with van der Waals surface area (Å²) in [5, 5.41) is 0.395. The zero-order valence-corrected chi connectivity index (χ0v) is 13.5. The number of hydrogen-bond acceptors (Lipinski definition) is 5. The molecular weight excluding hydrogens is 312 g/mol. The molecule has 0 unspecified atom stereocenters. The second kappa shape index (κ2) is 6.96. The van der Waals surface area contributed by atoms with Gasteiger partial charge in [0, 0.05) is 31.9 Å². The molecule has 2 aromatic heterocycles. The summed E-state index contributed by atoms with van der Waals surface area (Å²) in [6, 6.07) is 3.10. The number of amides is 1. The van der Waals surface area contributed by atoms with Crippen molar-refractivity contribution in [3.05, 3.63) is 39.2 Å². The minimum absolute atomic E-state index is 0.0562. The molecule has 24 heavy (non-hydrogen) atoms. The van der Waals surface area contributed by atoms with Crippen molar-refractivity contribution in [3.8, 4) is 0 Å². The van der Waals surface area contributed by atoms with Crippen LogP contribution in [0, 0.1) is 0 Å². The molecule has 128 valence electrons. The molecule has 0 bridgehead atoms. The third-order valence-corrected chi connectivity index (χ3v) is 4.31. The Morgan fingerprint density at radius 2 is 2.12 bits per heavy atom. The molecule has 3 heterocycles. The Kier molecular flexibility index (Phi) is 4.75. The van der Waals surface area contributed by atoms with Crippen molar-refractivity contribution in [2.45, 2.75) is 25.8 Å². The first-order valence-corrected chi connectivity index (χ1v) is 8.07. The van der Waals surface area contributed by atoms with E-state index in [0.29, 0.717) is 43.6 Å². The molecule has 1 N–H and O–H groups in total. The van der Waals surface area contributed by atoms with Crippen LogP contribution in [0.5, 0.6) is 0 Å². The van der Waals surface area contributed by atoms with Crippen molar-refractivity contribution in [3.63, 3.8) is 0 Å². The number of H-pyrrole nitrogens is 1. The maximum Gasteiger partial charge on any atom is 0.330 e. The van der Waals surface area contributed by atoms with E-state index in [0.717, 1.165) is 0 Å². The second-order valence-electron chi connectivity index (χ2n) is 5.75. The summed E-state index contributed by atoms with van der Waals surface area (Å²) in [7, 11) is 0. The fourth-order valence-electron chi connectivity index (χ4n) is 3.05. The van der Waals surface area contributed by atoms with Crippen molar-refractivity contribution >= 4 is 16.9 Å². The normalized spacial score (nSPS) is 15.8. The SMILES string of the molecule is CCOCC(=O)N1CCC(n2c(=O)[nH]c3ncccc3c2=O)CC1. The Bertz CT molecular complexity index is 849. The molecule has 0 spiro atoms. The van der Waals surface area contributed by atoms with Gasteiger partial charge < -0.3 is 9.64 Å². The summed E-state index contributed by atoms with van der Waals surface area (Å²) < 4.78 is 6.40. The maximum atomic E-state index is 12.6. The number of carbonyl (C=O) groups is 1. The molecule has 0 aromatic carbocycles. The number of aromatic amines is 1. The van der Waals surface area contributed by atoms with E-state index in [-0.39, 0.29) is 24.1 Å². The van der Waals surface area contributed by atoms with E-state index in [4.69, 9.17) is 4.74 Å². The highest BCUT2D eigenvalue weighted by Gasteiger charge is 2.26. The number of piperidine rings is 1. The summed E-state index contributed by atoms with van der Waals surface area (Å²) in [6.07, 6.45) is 2.66. The van der Waals surface area contributed by atoms with Crippen LogP contribution in [-0.2, 0) is 9.53 Å². The van der Waals surface area contributed by atoms with Crippen LogP contribution in [0.2, 0.25) is 0 Å². The molecular formula is C16H20N4O4. The van der Waals surface area contributed by atoms with Crippen LogP contribution in [0.15, 0.2) is 27.9 Å². The van der Waals surface area contributed by atoms with Gasteiger partial charge >= 0.3 is 5.69 Å². The molecule has 0 saturated carbocycles. The molecule has 1 saturated heterocycles. The number of pyridine rings is 1. The lowest BCUT2D eigenvalue weighted by atomic mass is 10.0. The lowest BCUT2D eigenvalue weighted by Gasteiger charge is -2.32. The first kappa shape index (κ1) is 16.4. The van der Waals surface area contributed by atoms with Gasteiger partial charge in [-0.25, -0.2) is 9.78 Å². The van der Waals surface area contributed by atoms with Crippen LogP contribution < -0.4 is 11.2 Å². The van der Waals surface area contributed by atoms with Gasteiger partial charge in [-0.3, -0.25) is 19.1 Å². The molecule has 1 aliphatic heterocycles. The van der Waals surface area contributed by atoms with E-state index in [1.807, 2.05) is 6.92 Å². The lowest BCUT2D eigenvalue weighted by Crippen LogP contribution is -2.45. The molecule has 8 heteroatoms. The molecule has 1 fully saturated rings. The number of fused-ring (bicyclic) bond motifs is 1. The average molecular weight is 332 g/mol. The highest BCUT2D eigenvalue weighted by Crippen LogP contribution is 2.20. The van der Waals surface area contributed by atoms with E-state index in [1.165, 1.54) is 10.8 Å². The predicted molar refractivity (Wildman–Crippen MR) is 88.0 cm³/mol. The summed E-state index contributed by atoms with van der Waals surface area (Å²) in [5.74, 6) is -0.0562. The molecule has 0 radical (unpaired) electrons. The highest BCUT2D eigenvalue weighted by atomic mass is 16.5. The first-order chi connectivity index (χ1) is 11.6. The number of ether oxygens (including phenoxy) is 1. The van der Waals surface area contributed by atoms with Gasteiger partial charge in [0.05, 0.1) is 5.39 Å². The number of rotatable bonds is 4. The summed E-state index contributed by atoms with van der Waals surface area (Å²) in [6.45, 7) is 3.43. The highest BCUT2D eigenvalue weighted by molar-refractivity contribution is 5.77. The molecule has 2 aromatic rings. The fourth-order valence-corrected chi connectivity index (χ4v) is 3.05. The van der Waals surface area contributed by atoms with E-state index >= 15 is 0 Å². The number of likely N-dealkylation sites (tertiary alicyclic amines) is 1. The Labute approximate surface area is 138 Å². The van der Waals surface area contributed by atoms with E-state index in [1.54, 1.807) is 17.0 Å². The molecule has 1 amide bonds. The van der Waals surface area contributed by atoms with E-state index in [2.05, 4.69) is 9.97 Å². The molecule has 1 aliphatic rings. The number of nitrogens with one attached hydrogen (secondary N) is 1. The van der Waals surface area contributed by atoms with Crippen LogP contribution in [0.4, 0.5) is 0 Å². The van der Waals surface area contributed by atoms with Crippen molar-refractivity contribution in [1.29, 1.82) is 0 Å². The summed E-state index contributed by atoms with van der Waals surface area (Å²) in [4.78, 5) is 45.2. The number of nitrogens with zero attached hydrogens (tertiary/aromatic N) is 3. The standard InChI is InChI=1S/C16H20N4O4/c1-2-24-10-13(21)19-8-5-11(6-9-19)20-15(22)12-4-3-7-17-14(12)18-16(20)23/h3-4,7,11H,2,5-6,8-10H2,1H3,(H,17,18,23). The van der Waals surface area contributed by atoms with Crippen LogP contribution in [0.1, 0.15) is 25.8 Å². The maximum absolute atomic E-state index is 12.6. The van der Waals surface area contributed by atoms with Gasteiger partial charge in [-0.2, -0.15) is 0 Å². The second-order valence-corrected chi connectivity index (χ2v) is 5.75. The van der Waals surface area contributed by atoms with E-state index in [9.17, 15) is 14.4 Å². The molecule has 0 aliphatic carbocycles. The van der Waals surface area contributed by atoms with Gasteiger partial charge in [-0.05, 0) is 31.9 Å². The minimum Gasteiger partial charge on any atom is -0.372 e. The Morgan fingerprint density at radius 3 is 2.83 bits per heavy atom. The van der Waals surface area contributed by atoms with Crippen molar-refractivity contribution < 1.29 is 9.53 Å². The monoisotopic (exact) mass is 332 g/mol. The van der Waals surface area contributed by atoms with Crippen LogP contribution in [0.3, 0.4) is 0 Å². The third kappa shape index (κ3) is 3.09. The lowest BCUT2D eigenvalue weighted by molar-refractivity contribution is -0.137. The largest absolute Gasteiger partial charge is 0.372 e. The van der Waals surface area contributed by atoms with Crippen molar-refractivity contribution in [1.82, 2.24) is 19.4 Å². The number of carbonyl (C=O) groups excluding carboxylic acids is 1. The van der Waals surface area contributed by atoms with Gasteiger partial charge in [0.15, 0.2) is 0 Å². The van der Waals surface area contributed by atoms with Crippen molar-refractivity contribution in [2.75, 3.05) is 26.3 Å². The van der Waals surface area contributed by atoms with Gasteiger partial charge in [0.2, 0.25) is 5.91 Å². The van der Waals surface area contributed by atoms with Crippen LogP contribution >= 0.6 is 0 Å². The van der Waals surface area contributed by atoms with Crippen molar-refractivity contribution in [2.24, 2.45) is 0 Å². The van der Waals surface area contributed by atoms with Crippen LogP contribution in [-0.4, -0.2) is 51.6 Å². The zero-order chi connectivity index (χ0) is 17.1. The average Bonchev–Trinajstić information content (AvgIpc) is 2.60. The number of hydrogen-bond donors (Lipinski definition) is 1. The Hall–Kier alpha value is -2.48. The predicted octanol–water partition coefficient (Wildman–Crippen LogP) is 0.285. The minimum atomic E-state index is -0.453. The quantitative estimate of drug-likeness (QED) is 0.867. The van der Waals surface area contributed by atoms with Gasteiger partial charge in [0.1, 0.15) is 12.3 Å². The number of aromatic nitrogens is 3. The van der Waals surface area contributed by atoms with Gasteiger partial charge in [-0.1, -0.05) is 0 Å². The molecule has 0 atom stereocenters. The Balaban J connectivity index is 1.80. The molecule has 3 rings (SSSR count). The van der Waals surface area contributed by atoms with E-state index < -0.39 is 5.69 Å².